The Labute approximate surface area is 152 Å². The predicted molar refractivity (Wildman–Crippen MR) is 91.0 cm³/mol. The van der Waals surface area contributed by atoms with Crippen LogP contribution in [0.15, 0.2) is 53.4 Å². The summed E-state index contributed by atoms with van der Waals surface area (Å²) in [7, 11) is -3.31. The molecule has 1 aromatic heterocycles. The van der Waals surface area contributed by atoms with Crippen LogP contribution in [0.4, 0.5) is 18.9 Å². The predicted octanol–water partition coefficient (Wildman–Crippen LogP) is 2.70. The molecule has 0 spiro atoms. The van der Waals surface area contributed by atoms with Gasteiger partial charge < -0.3 is 5.32 Å². The van der Waals surface area contributed by atoms with Crippen molar-refractivity contribution in [3.63, 3.8) is 0 Å². The second kappa shape index (κ2) is 6.99. The van der Waals surface area contributed by atoms with Crippen LogP contribution in [0.25, 0.3) is 5.69 Å². The lowest BCUT2D eigenvalue weighted by molar-refractivity contribution is -0.137. The van der Waals surface area contributed by atoms with Crippen LogP contribution in [-0.4, -0.2) is 34.9 Å². The van der Waals surface area contributed by atoms with Gasteiger partial charge >= 0.3 is 6.18 Å². The van der Waals surface area contributed by atoms with E-state index in [0.29, 0.717) is 17.2 Å². The second-order valence-corrected chi connectivity index (χ2v) is 7.72. The Morgan fingerprint density at radius 3 is 2.22 bits per heavy atom. The normalized spacial score (nSPS) is 12.1. The highest BCUT2D eigenvalue weighted by Gasteiger charge is 2.29. The molecule has 7 nitrogen and oxygen atoms in total. The molecule has 0 fully saturated rings. The Bertz CT molecular complexity index is 1030. The summed E-state index contributed by atoms with van der Waals surface area (Å²) in [6, 6.07) is 10.6. The third-order valence-electron chi connectivity index (χ3n) is 3.71. The van der Waals surface area contributed by atoms with E-state index >= 15 is 0 Å². The maximum absolute atomic E-state index is 12.6. The summed E-state index contributed by atoms with van der Waals surface area (Å²) in [4.78, 5) is 0.170. The molecule has 3 aromatic rings. The summed E-state index contributed by atoms with van der Waals surface area (Å²) in [5.74, 6) is 0.405. The van der Waals surface area contributed by atoms with Crippen LogP contribution in [0.3, 0.4) is 0 Å². The summed E-state index contributed by atoms with van der Waals surface area (Å²) in [5, 5.41) is 14.3. The van der Waals surface area contributed by atoms with Gasteiger partial charge in [0.1, 0.15) is 0 Å². The molecule has 0 saturated carbocycles. The van der Waals surface area contributed by atoms with Gasteiger partial charge in [0.2, 0.25) is 0 Å². The summed E-state index contributed by atoms with van der Waals surface area (Å²) in [6.45, 7) is 0.159. The number of halogens is 3. The SMILES string of the molecule is CS(=O)(=O)c1ccc(-n2nnnc2CNc2ccc(C(F)(F)F)cc2)cc1. The van der Waals surface area contributed by atoms with E-state index in [9.17, 15) is 21.6 Å². The molecule has 0 radical (unpaired) electrons. The van der Waals surface area contributed by atoms with Crippen LogP contribution in [0.5, 0.6) is 0 Å². The number of aromatic nitrogens is 4. The van der Waals surface area contributed by atoms with Gasteiger partial charge in [-0.05, 0) is 59.0 Å². The monoisotopic (exact) mass is 397 g/mol. The van der Waals surface area contributed by atoms with E-state index in [1.807, 2.05) is 0 Å². The van der Waals surface area contributed by atoms with Crippen LogP contribution < -0.4 is 5.32 Å². The first kappa shape index (κ1) is 18.8. The number of anilines is 1. The van der Waals surface area contributed by atoms with E-state index in [2.05, 4.69) is 20.8 Å². The number of alkyl halides is 3. The van der Waals surface area contributed by atoms with Gasteiger partial charge in [-0.3, -0.25) is 0 Å². The molecule has 0 amide bonds. The minimum Gasteiger partial charge on any atom is -0.378 e. The topological polar surface area (TPSA) is 89.8 Å². The van der Waals surface area contributed by atoms with Gasteiger partial charge in [-0.2, -0.15) is 17.9 Å². The van der Waals surface area contributed by atoms with Gasteiger partial charge in [0.15, 0.2) is 15.7 Å². The molecular weight excluding hydrogens is 383 g/mol. The van der Waals surface area contributed by atoms with E-state index in [0.717, 1.165) is 18.4 Å². The van der Waals surface area contributed by atoms with Crippen LogP contribution >= 0.6 is 0 Å². The number of tetrazole rings is 1. The van der Waals surface area contributed by atoms with Crippen LogP contribution in [0.1, 0.15) is 11.4 Å². The second-order valence-electron chi connectivity index (χ2n) is 5.70. The number of hydrogen-bond acceptors (Lipinski definition) is 6. The van der Waals surface area contributed by atoms with Crippen molar-refractivity contribution in [1.82, 2.24) is 20.2 Å². The number of sulfone groups is 1. The van der Waals surface area contributed by atoms with Gasteiger partial charge in [0, 0.05) is 11.9 Å². The lowest BCUT2D eigenvalue weighted by atomic mass is 10.2. The number of rotatable bonds is 5. The third kappa shape index (κ3) is 4.42. The van der Waals surface area contributed by atoms with E-state index in [-0.39, 0.29) is 11.4 Å². The molecule has 2 aromatic carbocycles. The Balaban J connectivity index is 1.74. The molecule has 0 atom stereocenters. The summed E-state index contributed by atoms with van der Waals surface area (Å²) < 4.78 is 62.2. The van der Waals surface area contributed by atoms with E-state index in [4.69, 9.17) is 0 Å². The van der Waals surface area contributed by atoms with Crippen molar-refractivity contribution in [2.75, 3.05) is 11.6 Å². The fraction of sp³-hybridized carbons (Fsp3) is 0.188. The van der Waals surface area contributed by atoms with Crippen LogP contribution in [0.2, 0.25) is 0 Å². The fourth-order valence-corrected chi connectivity index (χ4v) is 2.94. The minimum atomic E-state index is -4.39. The number of hydrogen-bond donors (Lipinski definition) is 1. The number of nitrogens with zero attached hydrogens (tertiary/aromatic N) is 4. The van der Waals surface area contributed by atoms with Gasteiger partial charge in [-0.25, -0.2) is 8.42 Å². The fourth-order valence-electron chi connectivity index (χ4n) is 2.31. The number of nitrogens with one attached hydrogen (secondary N) is 1. The van der Waals surface area contributed by atoms with Gasteiger partial charge in [0.25, 0.3) is 0 Å². The largest absolute Gasteiger partial charge is 0.416 e. The van der Waals surface area contributed by atoms with Gasteiger partial charge in [-0.1, -0.05) is 0 Å². The highest BCUT2D eigenvalue weighted by Crippen LogP contribution is 2.29. The number of benzene rings is 2. The van der Waals surface area contributed by atoms with Crippen LogP contribution in [-0.2, 0) is 22.6 Å². The average Bonchev–Trinajstić information content (AvgIpc) is 3.07. The smallest absolute Gasteiger partial charge is 0.378 e. The van der Waals surface area contributed by atoms with Gasteiger partial charge in [-0.15, -0.1) is 5.10 Å². The van der Waals surface area contributed by atoms with Crippen LogP contribution in [0, 0.1) is 0 Å². The molecule has 0 bridgehead atoms. The first-order valence-electron chi connectivity index (χ1n) is 7.63. The van der Waals surface area contributed by atoms with Crippen molar-refractivity contribution in [3.8, 4) is 5.69 Å². The van der Waals surface area contributed by atoms with Crippen molar-refractivity contribution in [1.29, 1.82) is 0 Å². The Kier molecular flexibility index (Phi) is 4.87. The molecule has 1 N–H and O–H groups in total. The highest BCUT2D eigenvalue weighted by molar-refractivity contribution is 7.90. The zero-order chi connectivity index (χ0) is 19.7. The van der Waals surface area contributed by atoms with E-state index in [1.54, 1.807) is 12.1 Å². The molecule has 0 unspecified atom stereocenters. The van der Waals surface area contributed by atoms with E-state index < -0.39 is 21.6 Å². The first-order valence-corrected chi connectivity index (χ1v) is 9.52. The zero-order valence-corrected chi connectivity index (χ0v) is 14.8. The lowest BCUT2D eigenvalue weighted by Gasteiger charge is -2.10. The first-order chi connectivity index (χ1) is 12.6. The van der Waals surface area contributed by atoms with Crippen molar-refractivity contribution >= 4 is 15.5 Å². The molecule has 0 aliphatic rings. The average molecular weight is 397 g/mol. The highest BCUT2D eigenvalue weighted by atomic mass is 32.2. The Hall–Kier alpha value is -2.95. The van der Waals surface area contributed by atoms with Crippen molar-refractivity contribution in [2.45, 2.75) is 17.6 Å². The maximum atomic E-state index is 12.6. The molecule has 11 heteroatoms. The van der Waals surface area contributed by atoms with Crippen molar-refractivity contribution in [3.05, 3.63) is 59.9 Å². The molecule has 142 valence electrons. The molecule has 0 aliphatic carbocycles. The quantitative estimate of drug-likeness (QED) is 0.712. The molecule has 27 heavy (non-hydrogen) atoms. The standard InChI is InChI=1S/C16H14F3N5O2S/c1-27(25,26)14-8-6-13(7-9-14)24-15(21-22-23-24)10-20-12-4-2-11(3-5-12)16(17,18)19/h2-9,20H,10H2,1H3. The Morgan fingerprint density at radius 1 is 1.04 bits per heavy atom. The molecule has 0 aliphatic heterocycles. The lowest BCUT2D eigenvalue weighted by Crippen LogP contribution is -2.09. The maximum Gasteiger partial charge on any atom is 0.416 e. The summed E-state index contributed by atoms with van der Waals surface area (Å²) in [5.41, 5.74) is 0.297. The molecular formula is C16H14F3N5O2S. The van der Waals surface area contributed by atoms with E-state index in [1.165, 1.54) is 28.9 Å². The van der Waals surface area contributed by atoms with Crippen molar-refractivity contribution in [2.24, 2.45) is 0 Å². The van der Waals surface area contributed by atoms with Crippen molar-refractivity contribution < 1.29 is 21.6 Å². The summed E-state index contributed by atoms with van der Waals surface area (Å²) in [6.07, 6.45) is -3.28. The molecule has 1 heterocycles. The third-order valence-corrected chi connectivity index (χ3v) is 4.83. The van der Waals surface area contributed by atoms with Gasteiger partial charge in [0.05, 0.1) is 22.7 Å². The molecule has 3 rings (SSSR count). The molecule has 0 saturated heterocycles. The zero-order valence-electron chi connectivity index (χ0n) is 14.0. The minimum absolute atomic E-state index is 0.159. The Morgan fingerprint density at radius 2 is 1.67 bits per heavy atom. The summed E-state index contributed by atoms with van der Waals surface area (Å²) >= 11 is 0.